The number of hydrogen-bond donors (Lipinski definition) is 0. The van der Waals surface area contributed by atoms with Gasteiger partial charge in [-0.05, 0) is 6.92 Å². The lowest BCUT2D eigenvalue weighted by atomic mass is 10.3. The minimum Gasteiger partial charge on any atom is -0.352 e. The molecule has 96 valence electrons. The summed E-state index contributed by atoms with van der Waals surface area (Å²) in [5.74, 6) is -3.71. The van der Waals surface area contributed by atoms with Crippen LogP contribution in [0.4, 0.5) is 19.0 Å². The molecule has 0 fully saturated rings. The van der Waals surface area contributed by atoms with E-state index in [1.54, 1.807) is 12.6 Å². The van der Waals surface area contributed by atoms with E-state index < -0.39 is 17.6 Å². The van der Waals surface area contributed by atoms with Crippen molar-refractivity contribution in [3.05, 3.63) is 39.7 Å². The normalized spacial score (nSPS) is 10.7. The zero-order valence-electron chi connectivity index (χ0n) is 9.75. The van der Waals surface area contributed by atoms with Crippen LogP contribution in [0.15, 0.2) is 11.6 Å². The van der Waals surface area contributed by atoms with E-state index in [2.05, 4.69) is 9.97 Å². The van der Waals surface area contributed by atoms with Crippen molar-refractivity contribution in [1.29, 1.82) is 0 Å². The molecular weight excluding hydrogens is 263 g/mol. The van der Waals surface area contributed by atoms with Crippen molar-refractivity contribution in [2.45, 2.75) is 13.5 Å². The monoisotopic (exact) mass is 273 g/mol. The van der Waals surface area contributed by atoms with Crippen LogP contribution in [0.1, 0.15) is 10.6 Å². The van der Waals surface area contributed by atoms with Gasteiger partial charge in [-0.2, -0.15) is 9.37 Å². The lowest BCUT2D eigenvalue weighted by Crippen LogP contribution is -2.20. The topological polar surface area (TPSA) is 29.0 Å². The molecule has 0 aliphatic heterocycles. The molecule has 18 heavy (non-hydrogen) atoms. The van der Waals surface area contributed by atoms with Crippen LogP contribution >= 0.6 is 11.3 Å². The quantitative estimate of drug-likeness (QED) is 0.805. The molecule has 3 nitrogen and oxygen atoms in total. The van der Waals surface area contributed by atoms with Crippen molar-refractivity contribution < 1.29 is 13.2 Å². The van der Waals surface area contributed by atoms with Gasteiger partial charge in [0.1, 0.15) is 0 Å². The number of hydrogen-bond acceptors (Lipinski definition) is 4. The van der Waals surface area contributed by atoms with Crippen LogP contribution < -0.4 is 4.90 Å². The first-order valence-electron chi connectivity index (χ1n) is 5.10. The summed E-state index contributed by atoms with van der Waals surface area (Å²) >= 11 is 1.41. The zero-order valence-corrected chi connectivity index (χ0v) is 10.6. The molecule has 0 aliphatic rings. The van der Waals surface area contributed by atoms with Crippen molar-refractivity contribution in [2.75, 3.05) is 11.9 Å². The lowest BCUT2D eigenvalue weighted by molar-refractivity contribution is 0.463. The molecule has 0 radical (unpaired) electrons. The lowest BCUT2D eigenvalue weighted by Gasteiger charge is -2.18. The molecule has 0 spiro atoms. The third-order valence-corrected chi connectivity index (χ3v) is 3.38. The zero-order chi connectivity index (χ0) is 13.3. The second-order valence-electron chi connectivity index (χ2n) is 3.78. The van der Waals surface area contributed by atoms with Gasteiger partial charge in [-0.15, -0.1) is 11.3 Å². The summed E-state index contributed by atoms with van der Waals surface area (Å²) in [6.07, 6.45) is 0. The Hall–Kier alpha value is -1.63. The van der Waals surface area contributed by atoms with Crippen LogP contribution in [0.5, 0.6) is 0 Å². The average Bonchev–Trinajstić information content (AvgIpc) is 2.69. The van der Waals surface area contributed by atoms with E-state index in [9.17, 15) is 13.2 Å². The maximum Gasteiger partial charge on any atom is 0.251 e. The Labute approximate surface area is 106 Å². The number of aryl methyl sites for hydroxylation is 1. The van der Waals surface area contributed by atoms with E-state index in [1.807, 2.05) is 6.92 Å². The summed E-state index contributed by atoms with van der Waals surface area (Å²) in [7, 11) is 1.56. The molecule has 0 saturated heterocycles. The van der Waals surface area contributed by atoms with Gasteiger partial charge < -0.3 is 4.90 Å². The van der Waals surface area contributed by atoms with E-state index >= 15 is 0 Å². The van der Waals surface area contributed by atoms with Gasteiger partial charge in [0.15, 0.2) is 17.5 Å². The molecular formula is C11H10F3N3S. The highest BCUT2D eigenvalue weighted by Crippen LogP contribution is 2.21. The minimum absolute atomic E-state index is 0.221. The molecule has 7 heteroatoms. The highest BCUT2D eigenvalue weighted by Gasteiger charge is 2.16. The second kappa shape index (κ2) is 4.93. The standard InChI is InChI=1S/C11H10F3N3S/c1-6-9(18-5-15-6)4-17(2)11-8(13)3-7(12)10(14)16-11/h3,5H,4H2,1-2H3. The number of halogens is 3. The number of rotatable bonds is 3. The third kappa shape index (κ3) is 2.45. The maximum atomic E-state index is 13.5. The van der Waals surface area contributed by atoms with E-state index in [1.165, 1.54) is 16.2 Å². The van der Waals surface area contributed by atoms with E-state index in [-0.39, 0.29) is 5.82 Å². The Balaban J connectivity index is 2.26. The van der Waals surface area contributed by atoms with Gasteiger partial charge in [-0.25, -0.2) is 13.8 Å². The summed E-state index contributed by atoms with van der Waals surface area (Å²) in [6, 6.07) is 0.494. The molecule has 0 saturated carbocycles. The number of anilines is 1. The average molecular weight is 273 g/mol. The van der Waals surface area contributed by atoms with Gasteiger partial charge in [0.2, 0.25) is 0 Å². The molecule has 0 aromatic carbocycles. The van der Waals surface area contributed by atoms with Crippen molar-refractivity contribution in [2.24, 2.45) is 0 Å². The highest BCUT2D eigenvalue weighted by molar-refractivity contribution is 7.09. The Morgan fingerprint density at radius 3 is 2.61 bits per heavy atom. The summed E-state index contributed by atoms with van der Waals surface area (Å²) < 4.78 is 39.2. The smallest absolute Gasteiger partial charge is 0.251 e. The van der Waals surface area contributed by atoms with Gasteiger partial charge in [-0.1, -0.05) is 0 Å². The fourth-order valence-corrected chi connectivity index (χ4v) is 2.30. The molecule has 0 aliphatic carbocycles. The molecule has 2 heterocycles. The molecule has 0 amide bonds. The third-order valence-electron chi connectivity index (χ3n) is 2.46. The van der Waals surface area contributed by atoms with E-state index in [4.69, 9.17) is 0 Å². The summed E-state index contributed by atoms with van der Waals surface area (Å²) in [5, 5.41) is 0. The van der Waals surface area contributed by atoms with Gasteiger partial charge in [0.25, 0.3) is 5.95 Å². The van der Waals surface area contributed by atoms with Gasteiger partial charge >= 0.3 is 0 Å². The molecule has 2 aromatic rings. The van der Waals surface area contributed by atoms with Crippen molar-refractivity contribution in [3.8, 4) is 0 Å². The molecule has 0 bridgehead atoms. The van der Waals surface area contributed by atoms with Crippen molar-refractivity contribution in [3.63, 3.8) is 0 Å². The SMILES string of the molecule is Cc1ncsc1CN(C)c1nc(F)c(F)cc1F. The van der Waals surface area contributed by atoms with Crippen LogP contribution in [0.25, 0.3) is 0 Å². The number of pyridine rings is 1. The predicted octanol–water partition coefficient (Wildman–Crippen LogP) is 2.90. The highest BCUT2D eigenvalue weighted by atomic mass is 32.1. The minimum atomic E-state index is -1.31. The molecule has 0 N–H and O–H groups in total. The van der Waals surface area contributed by atoms with Crippen LogP contribution in [0, 0.1) is 24.5 Å². The fraction of sp³-hybridized carbons (Fsp3) is 0.273. The van der Waals surface area contributed by atoms with Gasteiger partial charge in [-0.3, -0.25) is 0 Å². The summed E-state index contributed by atoms with van der Waals surface area (Å²) in [5.41, 5.74) is 2.50. The van der Waals surface area contributed by atoms with Crippen LogP contribution in [-0.2, 0) is 6.54 Å². The second-order valence-corrected chi connectivity index (χ2v) is 4.72. The predicted molar refractivity (Wildman–Crippen MR) is 63.1 cm³/mol. The molecule has 2 rings (SSSR count). The summed E-state index contributed by atoms with van der Waals surface area (Å²) in [4.78, 5) is 9.67. The first-order chi connectivity index (χ1) is 8.49. The number of nitrogens with zero attached hydrogens (tertiary/aromatic N) is 3. The Morgan fingerprint density at radius 2 is 2.00 bits per heavy atom. The molecule has 2 aromatic heterocycles. The molecule has 0 unspecified atom stereocenters. The fourth-order valence-electron chi connectivity index (χ4n) is 1.47. The molecule has 0 atom stereocenters. The Morgan fingerprint density at radius 1 is 1.28 bits per heavy atom. The number of aromatic nitrogens is 2. The first-order valence-corrected chi connectivity index (χ1v) is 5.98. The first kappa shape index (κ1) is 12.8. The van der Waals surface area contributed by atoms with E-state index in [0.29, 0.717) is 12.6 Å². The Bertz CT molecular complexity index is 571. The number of thiazole rings is 1. The van der Waals surface area contributed by atoms with Crippen LogP contribution in [0.3, 0.4) is 0 Å². The summed E-state index contributed by atoms with van der Waals surface area (Å²) in [6.45, 7) is 2.17. The Kier molecular flexibility index (Phi) is 3.51. The van der Waals surface area contributed by atoms with Crippen molar-refractivity contribution >= 4 is 17.2 Å². The largest absolute Gasteiger partial charge is 0.352 e. The van der Waals surface area contributed by atoms with Crippen LogP contribution in [0.2, 0.25) is 0 Å². The van der Waals surface area contributed by atoms with Gasteiger partial charge in [0.05, 0.1) is 17.7 Å². The van der Waals surface area contributed by atoms with Crippen molar-refractivity contribution in [1.82, 2.24) is 9.97 Å². The maximum absolute atomic E-state index is 13.5. The van der Waals surface area contributed by atoms with Gasteiger partial charge in [0, 0.05) is 18.0 Å². The van der Waals surface area contributed by atoms with Crippen LogP contribution in [-0.4, -0.2) is 17.0 Å². The van der Waals surface area contributed by atoms with E-state index in [0.717, 1.165) is 10.6 Å².